The van der Waals surface area contributed by atoms with Gasteiger partial charge in [0.05, 0.1) is 6.21 Å². The Morgan fingerprint density at radius 2 is 2.00 bits per heavy atom. The Labute approximate surface area is 177 Å². The third-order valence-electron chi connectivity index (χ3n) is 4.06. The molecular formula is C23H19BrN2O3. The molecule has 0 aliphatic rings. The van der Waals surface area contributed by atoms with Gasteiger partial charge in [-0.2, -0.15) is 5.10 Å². The fraction of sp³-hybridized carbons (Fsp3) is 0.130. The van der Waals surface area contributed by atoms with Crippen LogP contribution in [0.3, 0.4) is 0 Å². The van der Waals surface area contributed by atoms with E-state index < -0.39 is 6.10 Å². The first kappa shape index (κ1) is 20.4. The number of amides is 1. The number of carbonyl (C=O) groups excluding carboxylic acids is 1. The molecule has 1 atom stereocenters. The van der Waals surface area contributed by atoms with Gasteiger partial charge in [0.25, 0.3) is 5.91 Å². The van der Waals surface area contributed by atoms with Gasteiger partial charge in [0, 0.05) is 10.0 Å². The summed E-state index contributed by atoms with van der Waals surface area (Å²) in [6, 6.07) is 19.1. The molecule has 1 N–H and O–H groups in total. The minimum absolute atomic E-state index is 0.144. The molecule has 0 spiro atoms. The Balaban J connectivity index is 1.62. The average Bonchev–Trinajstić information content (AvgIpc) is 2.73. The zero-order chi connectivity index (χ0) is 20.6. The summed E-state index contributed by atoms with van der Waals surface area (Å²) in [5, 5.41) is 6.16. The van der Waals surface area contributed by atoms with Gasteiger partial charge in [-0.15, -0.1) is 6.42 Å². The Bertz CT molecular complexity index is 1090. The molecule has 0 heterocycles. The van der Waals surface area contributed by atoms with Gasteiger partial charge >= 0.3 is 0 Å². The van der Waals surface area contributed by atoms with Crippen LogP contribution in [0.15, 0.2) is 70.2 Å². The van der Waals surface area contributed by atoms with Crippen molar-refractivity contribution in [2.45, 2.75) is 13.0 Å². The van der Waals surface area contributed by atoms with Crippen molar-refractivity contribution in [1.29, 1.82) is 0 Å². The quantitative estimate of drug-likeness (QED) is 0.326. The smallest absolute Gasteiger partial charge is 0.280 e. The molecule has 5 nitrogen and oxygen atoms in total. The van der Waals surface area contributed by atoms with Crippen LogP contribution in [-0.4, -0.2) is 24.8 Å². The van der Waals surface area contributed by atoms with Crippen molar-refractivity contribution in [3.05, 3.63) is 70.7 Å². The molecule has 146 valence electrons. The largest absolute Gasteiger partial charge is 0.481 e. The van der Waals surface area contributed by atoms with Crippen LogP contribution in [0.2, 0.25) is 0 Å². The van der Waals surface area contributed by atoms with E-state index in [0.717, 1.165) is 15.2 Å². The molecule has 0 saturated heterocycles. The molecular weight excluding hydrogens is 432 g/mol. The molecule has 3 rings (SSSR count). The van der Waals surface area contributed by atoms with E-state index in [1.807, 2.05) is 54.6 Å². The fourth-order valence-electron chi connectivity index (χ4n) is 2.63. The highest BCUT2D eigenvalue weighted by Crippen LogP contribution is 2.22. The van der Waals surface area contributed by atoms with Crippen LogP contribution >= 0.6 is 15.9 Å². The van der Waals surface area contributed by atoms with Gasteiger partial charge < -0.3 is 9.47 Å². The Hall–Kier alpha value is -3.30. The number of nitrogens with zero attached hydrogens (tertiary/aromatic N) is 1. The number of nitrogens with one attached hydrogen (secondary N) is 1. The molecule has 0 bridgehead atoms. The van der Waals surface area contributed by atoms with Crippen molar-refractivity contribution in [2.24, 2.45) is 5.10 Å². The van der Waals surface area contributed by atoms with E-state index >= 15 is 0 Å². The summed E-state index contributed by atoms with van der Waals surface area (Å²) in [7, 11) is 0. The number of terminal acetylenes is 1. The summed E-state index contributed by atoms with van der Waals surface area (Å²) < 4.78 is 12.1. The second-order valence-corrected chi connectivity index (χ2v) is 7.09. The van der Waals surface area contributed by atoms with Crippen molar-refractivity contribution in [3.63, 3.8) is 0 Å². The normalized spacial score (nSPS) is 11.8. The molecule has 3 aromatic rings. The van der Waals surface area contributed by atoms with Crippen LogP contribution in [-0.2, 0) is 4.79 Å². The van der Waals surface area contributed by atoms with Crippen LogP contribution in [0, 0.1) is 12.3 Å². The maximum Gasteiger partial charge on any atom is 0.280 e. The first-order valence-electron chi connectivity index (χ1n) is 8.91. The number of hydrogen-bond donors (Lipinski definition) is 1. The molecule has 6 heteroatoms. The molecule has 0 aliphatic heterocycles. The maximum absolute atomic E-state index is 12.3. The van der Waals surface area contributed by atoms with Crippen molar-refractivity contribution >= 4 is 38.8 Å². The standard InChI is InChI=1S/C23H19BrN2O3/c1-3-12-28-22-11-9-20(24)13-19(22)15-25-26-23(27)16(2)29-21-10-8-17-6-4-5-7-18(17)14-21/h1,4-11,13-16H,12H2,2H3,(H,26,27)/b25-15-/t16-/m0/s1. The Morgan fingerprint density at radius 1 is 1.21 bits per heavy atom. The summed E-state index contributed by atoms with van der Waals surface area (Å²) in [4.78, 5) is 12.3. The topological polar surface area (TPSA) is 59.9 Å². The van der Waals surface area contributed by atoms with E-state index in [1.54, 1.807) is 13.0 Å². The van der Waals surface area contributed by atoms with E-state index in [1.165, 1.54) is 6.21 Å². The highest BCUT2D eigenvalue weighted by Gasteiger charge is 2.14. The minimum atomic E-state index is -0.715. The maximum atomic E-state index is 12.3. The van der Waals surface area contributed by atoms with Crippen molar-refractivity contribution in [3.8, 4) is 23.8 Å². The average molecular weight is 451 g/mol. The van der Waals surface area contributed by atoms with Crippen LogP contribution in [0.4, 0.5) is 0 Å². The number of hydrogen-bond acceptors (Lipinski definition) is 4. The Morgan fingerprint density at radius 3 is 2.79 bits per heavy atom. The number of halogens is 1. The lowest BCUT2D eigenvalue weighted by Crippen LogP contribution is -2.33. The molecule has 0 radical (unpaired) electrons. The summed E-state index contributed by atoms with van der Waals surface area (Å²) >= 11 is 3.40. The molecule has 3 aromatic carbocycles. The second kappa shape index (κ2) is 9.76. The van der Waals surface area contributed by atoms with Gasteiger partial charge in [0.15, 0.2) is 6.10 Å². The molecule has 0 aromatic heterocycles. The van der Waals surface area contributed by atoms with E-state index in [4.69, 9.17) is 15.9 Å². The van der Waals surface area contributed by atoms with Crippen molar-refractivity contribution in [2.75, 3.05) is 6.61 Å². The van der Waals surface area contributed by atoms with Crippen LogP contribution in [0.1, 0.15) is 12.5 Å². The number of rotatable bonds is 7. The van der Waals surface area contributed by atoms with E-state index in [9.17, 15) is 4.79 Å². The summed E-state index contributed by atoms with van der Waals surface area (Å²) in [5.74, 6) is 3.24. The van der Waals surface area contributed by atoms with Gasteiger partial charge in [-0.05, 0) is 48.0 Å². The third kappa shape index (κ3) is 5.59. The van der Waals surface area contributed by atoms with E-state index in [2.05, 4.69) is 32.4 Å². The molecule has 0 unspecified atom stereocenters. The van der Waals surface area contributed by atoms with Crippen LogP contribution in [0.5, 0.6) is 11.5 Å². The SMILES string of the molecule is C#CCOc1ccc(Br)cc1/C=N\NC(=O)[C@H](C)Oc1ccc2ccccc2c1. The highest BCUT2D eigenvalue weighted by atomic mass is 79.9. The highest BCUT2D eigenvalue weighted by molar-refractivity contribution is 9.10. The molecule has 1 amide bonds. The number of fused-ring (bicyclic) bond motifs is 1. The molecule has 29 heavy (non-hydrogen) atoms. The number of ether oxygens (including phenoxy) is 2. The van der Waals surface area contributed by atoms with Gasteiger partial charge in [-0.3, -0.25) is 4.79 Å². The van der Waals surface area contributed by atoms with Crippen LogP contribution < -0.4 is 14.9 Å². The zero-order valence-corrected chi connectivity index (χ0v) is 17.3. The minimum Gasteiger partial charge on any atom is -0.481 e. The van der Waals surface area contributed by atoms with Crippen LogP contribution in [0.25, 0.3) is 10.8 Å². The molecule has 0 saturated carbocycles. The van der Waals surface area contributed by atoms with Crippen molar-refractivity contribution < 1.29 is 14.3 Å². The zero-order valence-electron chi connectivity index (χ0n) is 15.8. The van der Waals surface area contributed by atoms with E-state index in [-0.39, 0.29) is 12.5 Å². The predicted molar refractivity (Wildman–Crippen MR) is 118 cm³/mol. The predicted octanol–water partition coefficient (Wildman–Crippen LogP) is 4.53. The summed E-state index contributed by atoms with van der Waals surface area (Å²) in [6.07, 6.45) is 6.02. The lowest BCUT2D eigenvalue weighted by molar-refractivity contribution is -0.127. The van der Waals surface area contributed by atoms with Gasteiger partial charge in [0.1, 0.15) is 18.1 Å². The number of hydrazone groups is 1. The fourth-order valence-corrected chi connectivity index (χ4v) is 3.00. The first-order chi connectivity index (χ1) is 14.1. The Kier molecular flexibility index (Phi) is 6.88. The summed E-state index contributed by atoms with van der Waals surface area (Å²) in [5.41, 5.74) is 3.16. The van der Waals surface area contributed by atoms with Gasteiger partial charge in [-0.1, -0.05) is 52.2 Å². The number of benzene rings is 3. The second-order valence-electron chi connectivity index (χ2n) is 6.18. The summed E-state index contributed by atoms with van der Waals surface area (Å²) in [6.45, 7) is 1.81. The number of carbonyl (C=O) groups is 1. The van der Waals surface area contributed by atoms with Crippen molar-refractivity contribution in [1.82, 2.24) is 5.43 Å². The molecule has 0 fully saturated rings. The van der Waals surface area contributed by atoms with E-state index in [0.29, 0.717) is 17.1 Å². The lowest BCUT2D eigenvalue weighted by atomic mass is 10.1. The van der Waals surface area contributed by atoms with Gasteiger partial charge in [0.2, 0.25) is 0 Å². The van der Waals surface area contributed by atoms with Gasteiger partial charge in [-0.25, -0.2) is 5.43 Å². The first-order valence-corrected chi connectivity index (χ1v) is 9.70. The molecule has 0 aliphatic carbocycles. The third-order valence-corrected chi connectivity index (χ3v) is 4.56. The monoisotopic (exact) mass is 450 g/mol. The lowest BCUT2D eigenvalue weighted by Gasteiger charge is -2.13.